The molecule has 0 aliphatic carbocycles. The number of hydrogen-bond donors (Lipinski definition) is 1. The third kappa shape index (κ3) is 2.33. The molecule has 2 fully saturated rings. The molecule has 1 N–H and O–H groups in total. The van der Waals surface area contributed by atoms with Crippen molar-refractivity contribution in [1.82, 2.24) is 9.80 Å². The Morgan fingerprint density at radius 3 is 2.87 bits per heavy atom. The highest BCUT2D eigenvalue weighted by Gasteiger charge is 2.35. The van der Waals surface area contributed by atoms with Gasteiger partial charge in [-0.1, -0.05) is 0 Å². The number of rotatable bonds is 2. The molecule has 2 rings (SSSR count). The number of aliphatic hydroxyl groups is 1. The Bertz CT molecular complexity index is 211. The Balaban J connectivity index is 2.02. The number of morpholine rings is 1. The second kappa shape index (κ2) is 4.78. The molecule has 4 nitrogen and oxygen atoms in total. The van der Waals surface area contributed by atoms with Gasteiger partial charge in [0.2, 0.25) is 0 Å². The van der Waals surface area contributed by atoms with Crippen molar-refractivity contribution in [2.24, 2.45) is 0 Å². The number of piperazine rings is 1. The highest BCUT2D eigenvalue weighted by atomic mass is 16.5. The van der Waals surface area contributed by atoms with Gasteiger partial charge in [0, 0.05) is 37.8 Å². The van der Waals surface area contributed by atoms with Crippen LogP contribution < -0.4 is 0 Å². The van der Waals surface area contributed by atoms with E-state index in [9.17, 15) is 5.11 Å². The van der Waals surface area contributed by atoms with Crippen molar-refractivity contribution in [1.29, 1.82) is 0 Å². The molecule has 4 heteroatoms. The summed E-state index contributed by atoms with van der Waals surface area (Å²) in [5, 5.41) is 9.40. The molecule has 2 saturated heterocycles. The number of fused-ring (bicyclic) bond motifs is 1. The number of aliphatic hydroxyl groups excluding tert-OH is 1. The largest absolute Gasteiger partial charge is 0.395 e. The van der Waals surface area contributed by atoms with Gasteiger partial charge < -0.3 is 9.84 Å². The topological polar surface area (TPSA) is 35.9 Å². The van der Waals surface area contributed by atoms with E-state index in [1.54, 1.807) is 0 Å². The zero-order valence-corrected chi connectivity index (χ0v) is 9.72. The van der Waals surface area contributed by atoms with Crippen molar-refractivity contribution < 1.29 is 9.84 Å². The lowest BCUT2D eigenvalue weighted by atomic mass is 10.0. The lowest BCUT2D eigenvalue weighted by Gasteiger charge is -2.49. The standard InChI is InChI=1S/C11H22N2O2/c1-9(2)13-6-11-8-15-4-3-12(11)5-10(13)7-14/h9-11,14H,3-8H2,1-2H3/t10-,11+/m1/s1. The average Bonchev–Trinajstić information content (AvgIpc) is 2.27. The van der Waals surface area contributed by atoms with Crippen molar-refractivity contribution in [2.75, 3.05) is 39.5 Å². The summed E-state index contributed by atoms with van der Waals surface area (Å²) in [6.07, 6.45) is 0. The predicted molar refractivity (Wildman–Crippen MR) is 58.9 cm³/mol. The van der Waals surface area contributed by atoms with Crippen molar-refractivity contribution in [3.05, 3.63) is 0 Å². The summed E-state index contributed by atoms with van der Waals surface area (Å²) < 4.78 is 5.51. The molecule has 2 aliphatic rings. The fraction of sp³-hybridized carbons (Fsp3) is 1.00. The maximum absolute atomic E-state index is 9.40. The summed E-state index contributed by atoms with van der Waals surface area (Å²) in [6, 6.07) is 1.34. The average molecular weight is 214 g/mol. The minimum atomic E-state index is 0.266. The van der Waals surface area contributed by atoms with Gasteiger partial charge in [-0.05, 0) is 13.8 Å². The second-order valence-corrected chi connectivity index (χ2v) is 4.85. The van der Waals surface area contributed by atoms with Gasteiger partial charge in [-0.15, -0.1) is 0 Å². The maximum Gasteiger partial charge on any atom is 0.0634 e. The highest BCUT2D eigenvalue weighted by Crippen LogP contribution is 2.20. The molecule has 88 valence electrons. The molecule has 0 radical (unpaired) electrons. The van der Waals surface area contributed by atoms with Crippen molar-refractivity contribution in [2.45, 2.75) is 32.0 Å². The molecule has 0 spiro atoms. The van der Waals surface area contributed by atoms with E-state index in [4.69, 9.17) is 4.74 Å². The van der Waals surface area contributed by atoms with Crippen LogP contribution in [0.25, 0.3) is 0 Å². The summed E-state index contributed by atoms with van der Waals surface area (Å²) in [5.41, 5.74) is 0. The first-order chi connectivity index (χ1) is 7.22. The first-order valence-electron chi connectivity index (χ1n) is 5.90. The van der Waals surface area contributed by atoms with Gasteiger partial charge in [0.25, 0.3) is 0 Å². The van der Waals surface area contributed by atoms with Gasteiger partial charge in [-0.2, -0.15) is 0 Å². The van der Waals surface area contributed by atoms with E-state index in [-0.39, 0.29) is 6.61 Å². The molecular formula is C11H22N2O2. The van der Waals surface area contributed by atoms with Crippen LogP contribution in [-0.2, 0) is 4.74 Å². The van der Waals surface area contributed by atoms with E-state index in [2.05, 4.69) is 23.6 Å². The third-order valence-corrected chi connectivity index (χ3v) is 3.56. The van der Waals surface area contributed by atoms with Crippen molar-refractivity contribution >= 4 is 0 Å². The van der Waals surface area contributed by atoms with Crippen LogP contribution in [0, 0.1) is 0 Å². The molecule has 2 aliphatic heterocycles. The Hall–Kier alpha value is -0.160. The van der Waals surface area contributed by atoms with Gasteiger partial charge >= 0.3 is 0 Å². The minimum Gasteiger partial charge on any atom is -0.395 e. The Labute approximate surface area is 91.8 Å². The fourth-order valence-electron chi connectivity index (χ4n) is 2.66. The van der Waals surface area contributed by atoms with E-state index in [1.807, 2.05) is 0 Å². The van der Waals surface area contributed by atoms with Gasteiger partial charge in [0.05, 0.1) is 19.8 Å². The predicted octanol–water partition coefficient (Wildman–Crippen LogP) is -0.228. The molecule has 0 saturated carbocycles. The second-order valence-electron chi connectivity index (χ2n) is 4.85. The zero-order chi connectivity index (χ0) is 10.8. The van der Waals surface area contributed by atoms with Gasteiger partial charge in [0.15, 0.2) is 0 Å². The van der Waals surface area contributed by atoms with Crippen LogP contribution in [-0.4, -0.2) is 72.5 Å². The van der Waals surface area contributed by atoms with E-state index in [0.29, 0.717) is 18.1 Å². The molecule has 0 aromatic heterocycles. The Morgan fingerprint density at radius 1 is 1.40 bits per heavy atom. The Morgan fingerprint density at radius 2 is 2.20 bits per heavy atom. The monoisotopic (exact) mass is 214 g/mol. The summed E-state index contributed by atoms with van der Waals surface area (Å²) in [6.45, 7) is 9.39. The smallest absolute Gasteiger partial charge is 0.0634 e. The van der Waals surface area contributed by atoms with E-state index in [0.717, 1.165) is 32.8 Å². The molecule has 0 bridgehead atoms. The summed E-state index contributed by atoms with van der Waals surface area (Å²) in [5.74, 6) is 0. The lowest BCUT2D eigenvalue weighted by Crippen LogP contribution is -2.64. The van der Waals surface area contributed by atoms with Crippen LogP contribution in [0.4, 0.5) is 0 Å². The number of nitrogens with zero attached hydrogens (tertiary/aromatic N) is 2. The molecule has 2 atom stereocenters. The third-order valence-electron chi connectivity index (χ3n) is 3.56. The lowest BCUT2D eigenvalue weighted by molar-refractivity contribution is -0.0796. The van der Waals surface area contributed by atoms with Crippen LogP contribution >= 0.6 is 0 Å². The molecule has 0 unspecified atom stereocenters. The molecule has 0 amide bonds. The fourth-order valence-corrected chi connectivity index (χ4v) is 2.66. The highest BCUT2D eigenvalue weighted by molar-refractivity contribution is 4.91. The zero-order valence-electron chi connectivity index (χ0n) is 9.72. The summed E-state index contributed by atoms with van der Waals surface area (Å²) in [4.78, 5) is 4.86. The van der Waals surface area contributed by atoms with Crippen molar-refractivity contribution in [3.8, 4) is 0 Å². The summed E-state index contributed by atoms with van der Waals surface area (Å²) >= 11 is 0. The van der Waals surface area contributed by atoms with E-state index in [1.165, 1.54) is 0 Å². The van der Waals surface area contributed by atoms with Gasteiger partial charge in [-0.3, -0.25) is 9.80 Å². The first kappa shape index (κ1) is 11.3. The van der Waals surface area contributed by atoms with Crippen LogP contribution in [0.15, 0.2) is 0 Å². The van der Waals surface area contributed by atoms with Gasteiger partial charge in [-0.25, -0.2) is 0 Å². The SMILES string of the molecule is CC(C)N1C[C@H]2COCCN2C[C@@H]1CO. The van der Waals surface area contributed by atoms with Crippen molar-refractivity contribution in [3.63, 3.8) is 0 Å². The molecule has 0 aromatic carbocycles. The molecule has 2 heterocycles. The molecular weight excluding hydrogens is 192 g/mol. The Kier molecular flexibility index (Phi) is 3.61. The molecule has 0 aromatic rings. The summed E-state index contributed by atoms with van der Waals surface area (Å²) in [7, 11) is 0. The van der Waals surface area contributed by atoms with Crippen LogP contribution in [0.3, 0.4) is 0 Å². The number of ether oxygens (including phenoxy) is 1. The maximum atomic E-state index is 9.40. The molecule has 15 heavy (non-hydrogen) atoms. The van der Waals surface area contributed by atoms with Gasteiger partial charge in [0.1, 0.15) is 0 Å². The van der Waals surface area contributed by atoms with E-state index >= 15 is 0 Å². The van der Waals surface area contributed by atoms with Crippen LogP contribution in [0.2, 0.25) is 0 Å². The minimum absolute atomic E-state index is 0.266. The van der Waals surface area contributed by atoms with Crippen LogP contribution in [0.5, 0.6) is 0 Å². The normalized spacial score (nSPS) is 34.4. The number of hydrogen-bond acceptors (Lipinski definition) is 4. The first-order valence-corrected chi connectivity index (χ1v) is 5.90. The quantitative estimate of drug-likeness (QED) is 0.689. The van der Waals surface area contributed by atoms with E-state index < -0.39 is 0 Å². The van der Waals surface area contributed by atoms with Crippen LogP contribution in [0.1, 0.15) is 13.8 Å².